The summed E-state index contributed by atoms with van der Waals surface area (Å²) in [4.78, 5) is 20.2. The number of H-pyrrole nitrogens is 1. The Morgan fingerprint density at radius 2 is 1.76 bits per heavy atom. The summed E-state index contributed by atoms with van der Waals surface area (Å²) >= 11 is 14.3. The zero-order chi connectivity index (χ0) is 25.5. The highest BCUT2D eigenvalue weighted by molar-refractivity contribution is 7.13. The van der Waals surface area contributed by atoms with Crippen molar-refractivity contribution in [1.82, 2.24) is 4.98 Å². The quantitative estimate of drug-likeness (QED) is 0.241. The number of carbonyl (C=O) groups excluding carboxylic acids is 1. The molecule has 194 valence electrons. The predicted molar refractivity (Wildman–Crippen MR) is 142 cm³/mol. The number of hydrogen-bond acceptors (Lipinski definition) is 8. The molecule has 4 rings (SSSR count). The van der Waals surface area contributed by atoms with E-state index in [1.807, 2.05) is 23.6 Å². The lowest BCUT2D eigenvalue weighted by atomic mass is 10.0. The third kappa shape index (κ3) is 7.11. The van der Waals surface area contributed by atoms with Crippen LogP contribution in [-0.4, -0.2) is 30.6 Å². The van der Waals surface area contributed by atoms with E-state index in [1.54, 1.807) is 57.1 Å². The molecule has 0 saturated heterocycles. The lowest BCUT2D eigenvalue weighted by molar-refractivity contribution is -0.377. The number of methoxy groups -OCH3 is 2. The van der Waals surface area contributed by atoms with Gasteiger partial charge in [0.25, 0.3) is 0 Å². The van der Waals surface area contributed by atoms with Gasteiger partial charge in [-0.25, -0.2) is 14.8 Å². The Kier molecular flexibility index (Phi) is 10.1. The number of benzene rings is 2. The van der Waals surface area contributed by atoms with Crippen LogP contribution in [0.15, 0.2) is 66.4 Å². The minimum atomic E-state index is -0.680. The molecule has 0 saturated carbocycles. The van der Waals surface area contributed by atoms with Gasteiger partial charge in [0.2, 0.25) is 0 Å². The molecule has 8 nitrogen and oxygen atoms in total. The van der Waals surface area contributed by atoms with Crippen molar-refractivity contribution >= 4 is 45.6 Å². The zero-order valence-corrected chi connectivity index (χ0v) is 22.4. The number of halogens is 2. The average Bonchev–Trinajstić information content (AvgIpc) is 3.42. The Bertz CT molecular complexity index is 1300. The van der Waals surface area contributed by atoms with Gasteiger partial charge >= 0.3 is 5.97 Å². The molecule has 37 heavy (non-hydrogen) atoms. The number of nitrogens with one attached hydrogen (secondary N) is 2. The third-order valence-electron chi connectivity index (χ3n) is 5.48. The van der Waals surface area contributed by atoms with E-state index < -0.39 is 12.1 Å². The summed E-state index contributed by atoms with van der Waals surface area (Å²) < 4.78 is 16.8. The molecule has 0 fully saturated rings. The number of esters is 1. The number of pyridine rings is 1. The van der Waals surface area contributed by atoms with Gasteiger partial charge in [-0.2, -0.15) is 0 Å². The van der Waals surface area contributed by atoms with Crippen molar-refractivity contribution in [2.24, 2.45) is 0 Å². The Labute approximate surface area is 228 Å². The number of aromatic nitrogens is 2. The lowest BCUT2D eigenvalue weighted by Crippen LogP contribution is -2.16. The molecule has 4 aromatic rings. The van der Waals surface area contributed by atoms with Gasteiger partial charge in [-0.05, 0) is 35.4 Å². The van der Waals surface area contributed by atoms with Crippen LogP contribution in [0.1, 0.15) is 33.2 Å². The van der Waals surface area contributed by atoms with E-state index in [0.29, 0.717) is 44.8 Å². The minimum Gasteiger partial charge on any atom is -0.870 e. The van der Waals surface area contributed by atoms with E-state index >= 15 is 0 Å². The second kappa shape index (κ2) is 13.3. The maximum absolute atomic E-state index is 13.1. The fourth-order valence-electron chi connectivity index (χ4n) is 3.58. The minimum absolute atomic E-state index is 0. The molecule has 0 aliphatic rings. The monoisotopic (exact) mass is 561 g/mol. The fourth-order valence-corrected chi connectivity index (χ4v) is 4.64. The molecule has 3 N–H and O–H groups in total. The van der Waals surface area contributed by atoms with Crippen LogP contribution in [0.2, 0.25) is 10.0 Å². The Hall–Kier alpha value is -3.37. The summed E-state index contributed by atoms with van der Waals surface area (Å²) in [6, 6.07) is 12.6. The molecular weight excluding hydrogens is 537 g/mol. The van der Waals surface area contributed by atoms with Crippen molar-refractivity contribution < 1.29 is 29.5 Å². The molecular formula is C26H25Cl2N3O5S. The number of ether oxygens (including phenoxy) is 3. The SMILES string of the molecule is COc1ccc([C@H](Cc2c(Cl)c[nH+]cc2Cl)OC(=O)c2ccc(CNc3nccs3)cc2)cc1OC.[OH-]. The Balaban J connectivity index is 0.00000380. The van der Waals surface area contributed by atoms with E-state index in [0.717, 1.165) is 10.7 Å². The Morgan fingerprint density at radius 1 is 1.05 bits per heavy atom. The summed E-state index contributed by atoms with van der Waals surface area (Å²) in [7, 11) is 3.11. The Morgan fingerprint density at radius 3 is 2.38 bits per heavy atom. The summed E-state index contributed by atoms with van der Waals surface area (Å²) in [5.74, 6) is 0.620. The molecule has 2 aromatic carbocycles. The van der Waals surface area contributed by atoms with Crippen LogP contribution in [0, 0.1) is 0 Å². The summed E-state index contributed by atoms with van der Waals surface area (Å²) in [6.45, 7) is 0.596. The second-order valence-electron chi connectivity index (χ2n) is 7.73. The van der Waals surface area contributed by atoms with Gasteiger partial charge in [0.1, 0.15) is 16.1 Å². The van der Waals surface area contributed by atoms with Crippen molar-refractivity contribution in [3.8, 4) is 11.5 Å². The van der Waals surface area contributed by atoms with Crippen LogP contribution >= 0.6 is 34.5 Å². The zero-order valence-electron chi connectivity index (χ0n) is 20.0. The van der Waals surface area contributed by atoms with Crippen LogP contribution in [0.3, 0.4) is 0 Å². The highest BCUT2D eigenvalue weighted by atomic mass is 35.5. The van der Waals surface area contributed by atoms with Crippen molar-refractivity contribution in [2.45, 2.75) is 19.1 Å². The van der Waals surface area contributed by atoms with Crippen molar-refractivity contribution in [3.05, 3.63) is 98.7 Å². The molecule has 2 heterocycles. The van der Waals surface area contributed by atoms with Gasteiger partial charge in [0.05, 0.1) is 19.8 Å². The maximum Gasteiger partial charge on any atom is 0.338 e. The summed E-state index contributed by atoms with van der Waals surface area (Å²) in [5, 5.41) is 6.88. The largest absolute Gasteiger partial charge is 0.870 e. The van der Waals surface area contributed by atoms with Gasteiger partial charge in [-0.3, -0.25) is 0 Å². The fraction of sp³-hybridized carbons (Fsp3) is 0.192. The molecule has 0 aliphatic carbocycles. The number of carbonyl (C=O) groups is 1. The molecule has 1 atom stereocenters. The van der Waals surface area contributed by atoms with Crippen LogP contribution in [0.25, 0.3) is 0 Å². The van der Waals surface area contributed by atoms with E-state index in [4.69, 9.17) is 37.4 Å². The van der Waals surface area contributed by atoms with Crippen LogP contribution in [0.4, 0.5) is 5.13 Å². The number of rotatable bonds is 10. The highest BCUT2D eigenvalue weighted by Crippen LogP contribution is 2.35. The first-order valence-corrected chi connectivity index (χ1v) is 12.6. The van der Waals surface area contributed by atoms with Crippen LogP contribution in [0.5, 0.6) is 11.5 Å². The van der Waals surface area contributed by atoms with E-state index in [9.17, 15) is 4.79 Å². The maximum atomic E-state index is 13.1. The molecule has 0 unspecified atom stereocenters. The first-order valence-electron chi connectivity index (χ1n) is 11.0. The van der Waals surface area contributed by atoms with Crippen molar-refractivity contribution in [2.75, 3.05) is 19.5 Å². The van der Waals surface area contributed by atoms with Gasteiger partial charge < -0.3 is 25.0 Å². The summed E-state index contributed by atoms with van der Waals surface area (Å²) in [6.07, 6.45) is 4.60. The van der Waals surface area contributed by atoms with Crippen molar-refractivity contribution in [1.29, 1.82) is 0 Å². The van der Waals surface area contributed by atoms with E-state index in [2.05, 4.69) is 15.3 Å². The molecule has 0 radical (unpaired) electrons. The van der Waals surface area contributed by atoms with Gasteiger partial charge in [0, 0.05) is 30.1 Å². The number of nitrogens with zero attached hydrogens (tertiary/aromatic N) is 1. The van der Waals surface area contributed by atoms with Gasteiger partial charge in [-0.15, -0.1) is 11.3 Å². The molecule has 0 aliphatic heterocycles. The number of hydrogen-bond donors (Lipinski definition) is 1. The highest BCUT2D eigenvalue weighted by Gasteiger charge is 2.24. The summed E-state index contributed by atoms with van der Waals surface area (Å²) in [5.41, 5.74) is 2.81. The molecule has 0 bridgehead atoms. The number of aromatic amines is 1. The standard InChI is InChI=1S/C26H23Cl2N3O4S.H2O/c1-33-22-8-7-18(11-24(22)34-2)23(12-19-20(27)14-29-15-21(19)28)35-25(32)17-5-3-16(4-6-17)13-31-26-30-9-10-36-26;/h3-11,14-15,23H,12-13H2,1-2H3,(H,30,31);1H2/t23-;/m0./s1. The normalized spacial score (nSPS) is 11.2. The second-order valence-corrected chi connectivity index (χ2v) is 9.44. The van der Waals surface area contributed by atoms with Crippen LogP contribution in [-0.2, 0) is 17.7 Å². The molecule has 0 spiro atoms. The first-order chi connectivity index (χ1) is 17.5. The first kappa shape index (κ1) is 28.2. The molecule has 0 amide bonds. The lowest BCUT2D eigenvalue weighted by Gasteiger charge is -2.20. The van der Waals surface area contributed by atoms with E-state index in [-0.39, 0.29) is 11.9 Å². The topological polar surface area (TPSA) is 114 Å². The smallest absolute Gasteiger partial charge is 0.338 e. The number of thiazole rings is 1. The average molecular weight is 562 g/mol. The molecule has 2 aromatic heterocycles. The molecule has 11 heteroatoms. The predicted octanol–water partition coefficient (Wildman–Crippen LogP) is 5.86. The number of anilines is 1. The van der Waals surface area contributed by atoms with Gasteiger partial charge in [0.15, 0.2) is 29.0 Å². The van der Waals surface area contributed by atoms with Crippen LogP contribution < -0.4 is 19.8 Å². The van der Waals surface area contributed by atoms with Crippen molar-refractivity contribution in [3.63, 3.8) is 0 Å². The van der Waals surface area contributed by atoms with Gasteiger partial charge in [-0.1, -0.05) is 41.4 Å². The third-order valence-corrected chi connectivity index (χ3v) is 6.89. The van der Waals surface area contributed by atoms with E-state index in [1.165, 1.54) is 11.3 Å².